The van der Waals surface area contributed by atoms with Crippen LogP contribution in [-0.4, -0.2) is 9.97 Å². The third kappa shape index (κ3) is 3.98. The van der Waals surface area contributed by atoms with E-state index in [0.29, 0.717) is 20.3 Å². The molecular weight excluding hydrogens is 334 g/mol. The largest absolute Gasteiger partial charge is 0.226 e. The van der Waals surface area contributed by atoms with Crippen LogP contribution in [0.4, 0.5) is 8.78 Å². The molecule has 2 rings (SSSR count). The van der Waals surface area contributed by atoms with E-state index >= 15 is 0 Å². The highest BCUT2D eigenvalue weighted by Gasteiger charge is 2.09. The third-order valence-electron chi connectivity index (χ3n) is 2.30. The molecule has 0 spiro atoms. The molecule has 0 aliphatic heterocycles. The van der Waals surface area contributed by atoms with Crippen LogP contribution in [0.15, 0.2) is 38.8 Å². The van der Waals surface area contributed by atoms with E-state index < -0.39 is 11.6 Å². The van der Waals surface area contributed by atoms with E-state index in [4.69, 9.17) is 0 Å². The standard InChI is InChI=1S/C13H11BrF2N2S/c1-2-3-12-17-11(14)7-13(18-12)19-10-5-4-8(15)6-9(10)16/h4-7H,2-3H2,1H3. The Kier molecular flexibility index (Phi) is 4.87. The Morgan fingerprint density at radius 1 is 1.21 bits per heavy atom. The summed E-state index contributed by atoms with van der Waals surface area (Å²) >= 11 is 4.46. The normalized spacial score (nSPS) is 10.7. The predicted molar refractivity (Wildman–Crippen MR) is 74.2 cm³/mol. The first kappa shape index (κ1) is 14.4. The van der Waals surface area contributed by atoms with Gasteiger partial charge < -0.3 is 0 Å². The van der Waals surface area contributed by atoms with Crippen LogP contribution in [0.2, 0.25) is 0 Å². The van der Waals surface area contributed by atoms with E-state index in [0.717, 1.165) is 30.7 Å². The highest BCUT2D eigenvalue weighted by Crippen LogP contribution is 2.30. The highest BCUT2D eigenvalue weighted by atomic mass is 79.9. The van der Waals surface area contributed by atoms with Gasteiger partial charge in [-0.3, -0.25) is 0 Å². The van der Waals surface area contributed by atoms with Crippen LogP contribution in [0, 0.1) is 11.6 Å². The molecule has 1 aromatic carbocycles. The minimum atomic E-state index is -0.586. The molecule has 0 radical (unpaired) electrons. The Balaban J connectivity index is 2.27. The summed E-state index contributed by atoms with van der Waals surface area (Å²) in [5.74, 6) is -0.462. The van der Waals surface area contributed by atoms with Crippen molar-refractivity contribution in [3.8, 4) is 0 Å². The molecular formula is C13H11BrF2N2S. The number of nitrogens with zero attached hydrogens (tertiary/aromatic N) is 2. The molecule has 0 saturated heterocycles. The summed E-state index contributed by atoms with van der Waals surface area (Å²) in [6.07, 6.45) is 1.70. The van der Waals surface area contributed by atoms with Gasteiger partial charge in [0.25, 0.3) is 0 Å². The fourth-order valence-corrected chi connectivity index (χ4v) is 2.91. The SMILES string of the molecule is CCCc1nc(Br)cc(Sc2ccc(F)cc2F)n1. The number of aryl methyl sites for hydroxylation is 1. The van der Waals surface area contributed by atoms with Gasteiger partial charge in [0.2, 0.25) is 0 Å². The fourth-order valence-electron chi connectivity index (χ4n) is 1.50. The Morgan fingerprint density at radius 3 is 2.68 bits per heavy atom. The number of hydrogen-bond donors (Lipinski definition) is 0. The topological polar surface area (TPSA) is 25.8 Å². The van der Waals surface area contributed by atoms with Crippen LogP contribution in [0.3, 0.4) is 0 Å². The lowest BCUT2D eigenvalue weighted by Crippen LogP contribution is -1.96. The summed E-state index contributed by atoms with van der Waals surface area (Å²) in [5, 5.41) is 0.635. The summed E-state index contributed by atoms with van der Waals surface area (Å²) in [4.78, 5) is 8.93. The van der Waals surface area contributed by atoms with Crippen molar-refractivity contribution in [3.63, 3.8) is 0 Å². The molecule has 0 aliphatic rings. The fraction of sp³-hybridized carbons (Fsp3) is 0.231. The molecule has 0 atom stereocenters. The molecule has 0 amide bonds. The number of halogens is 3. The summed E-state index contributed by atoms with van der Waals surface area (Å²) in [5.41, 5.74) is 0. The van der Waals surface area contributed by atoms with Crippen LogP contribution in [0.1, 0.15) is 19.2 Å². The lowest BCUT2D eigenvalue weighted by Gasteiger charge is -2.05. The quantitative estimate of drug-likeness (QED) is 0.756. The lowest BCUT2D eigenvalue weighted by atomic mass is 10.3. The summed E-state index contributed by atoms with van der Waals surface area (Å²) in [6.45, 7) is 2.04. The Bertz CT molecular complexity index is 593. The molecule has 19 heavy (non-hydrogen) atoms. The van der Waals surface area contributed by atoms with Crippen molar-refractivity contribution >= 4 is 27.7 Å². The van der Waals surface area contributed by atoms with Gasteiger partial charge in [0.15, 0.2) is 0 Å². The average molecular weight is 345 g/mol. The highest BCUT2D eigenvalue weighted by molar-refractivity contribution is 9.10. The predicted octanol–water partition coefficient (Wildman–Crippen LogP) is 4.62. The van der Waals surface area contributed by atoms with E-state index in [1.165, 1.54) is 12.1 Å². The van der Waals surface area contributed by atoms with Crippen molar-refractivity contribution in [2.45, 2.75) is 29.7 Å². The van der Waals surface area contributed by atoms with Gasteiger partial charge in [-0.05, 0) is 34.5 Å². The van der Waals surface area contributed by atoms with Crippen LogP contribution in [0.25, 0.3) is 0 Å². The van der Waals surface area contributed by atoms with Gasteiger partial charge in [0.05, 0.1) is 0 Å². The maximum absolute atomic E-state index is 13.6. The first-order valence-electron chi connectivity index (χ1n) is 5.75. The molecule has 2 nitrogen and oxygen atoms in total. The van der Waals surface area contributed by atoms with Crippen LogP contribution in [-0.2, 0) is 6.42 Å². The van der Waals surface area contributed by atoms with E-state index in [-0.39, 0.29) is 0 Å². The minimum absolute atomic E-state index is 0.342. The molecule has 0 aliphatic carbocycles. The maximum Gasteiger partial charge on any atom is 0.140 e. The second-order valence-corrected chi connectivity index (χ2v) is 5.75. The van der Waals surface area contributed by atoms with Crippen molar-refractivity contribution in [1.29, 1.82) is 0 Å². The summed E-state index contributed by atoms with van der Waals surface area (Å²) in [6, 6.07) is 5.22. The molecule has 0 N–H and O–H groups in total. The zero-order valence-corrected chi connectivity index (χ0v) is 12.6. The van der Waals surface area contributed by atoms with E-state index in [1.54, 1.807) is 6.07 Å². The lowest BCUT2D eigenvalue weighted by molar-refractivity contribution is 0.565. The minimum Gasteiger partial charge on any atom is -0.226 e. The average Bonchev–Trinajstić information content (AvgIpc) is 2.32. The van der Waals surface area contributed by atoms with Crippen molar-refractivity contribution in [3.05, 3.63) is 46.3 Å². The summed E-state index contributed by atoms with van der Waals surface area (Å²) in [7, 11) is 0. The Hall–Kier alpha value is -1.01. The molecule has 0 unspecified atom stereocenters. The van der Waals surface area contributed by atoms with Gasteiger partial charge in [-0.25, -0.2) is 18.7 Å². The smallest absolute Gasteiger partial charge is 0.140 e. The molecule has 1 aromatic heterocycles. The molecule has 0 saturated carbocycles. The van der Waals surface area contributed by atoms with E-state index in [9.17, 15) is 8.78 Å². The Labute approximate surface area is 122 Å². The van der Waals surface area contributed by atoms with Gasteiger partial charge in [0, 0.05) is 23.4 Å². The van der Waals surface area contributed by atoms with Crippen LogP contribution >= 0.6 is 27.7 Å². The van der Waals surface area contributed by atoms with Crippen molar-refractivity contribution in [1.82, 2.24) is 9.97 Å². The van der Waals surface area contributed by atoms with Crippen LogP contribution in [0.5, 0.6) is 0 Å². The monoisotopic (exact) mass is 344 g/mol. The number of benzene rings is 1. The number of hydrogen-bond acceptors (Lipinski definition) is 3. The van der Waals surface area contributed by atoms with Crippen molar-refractivity contribution in [2.75, 3.05) is 0 Å². The van der Waals surface area contributed by atoms with E-state index in [1.807, 2.05) is 6.92 Å². The van der Waals surface area contributed by atoms with Gasteiger partial charge in [0.1, 0.15) is 27.1 Å². The Morgan fingerprint density at radius 2 is 2.00 bits per heavy atom. The number of rotatable bonds is 4. The molecule has 100 valence electrons. The molecule has 0 fully saturated rings. The van der Waals surface area contributed by atoms with Crippen molar-refractivity contribution in [2.24, 2.45) is 0 Å². The molecule has 0 bridgehead atoms. The van der Waals surface area contributed by atoms with Gasteiger partial charge in [-0.15, -0.1) is 0 Å². The van der Waals surface area contributed by atoms with Gasteiger partial charge >= 0.3 is 0 Å². The van der Waals surface area contributed by atoms with Gasteiger partial charge in [-0.1, -0.05) is 18.7 Å². The second-order valence-electron chi connectivity index (χ2n) is 3.87. The van der Waals surface area contributed by atoms with Crippen LogP contribution < -0.4 is 0 Å². The number of aromatic nitrogens is 2. The van der Waals surface area contributed by atoms with Crippen molar-refractivity contribution < 1.29 is 8.78 Å². The zero-order valence-electron chi connectivity index (χ0n) is 10.2. The first-order valence-corrected chi connectivity index (χ1v) is 7.36. The first-order chi connectivity index (χ1) is 9.08. The third-order valence-corrected chi connectivity index (χ3v) is 3.68. The molecule has 2 aromatic rings. The summed E-state index contributed by atoms with van der Waals surface area (Å²) < 4.78 is 27.1. The van der Waals surface area contributed by atoms with E-state index in [2.05, 4.69) is 25.9 Å². The molecule has 1 heterocycles. The van der Waals surface area contributed by atoms with Gasteiger partial charge in [-0.2, -0.15) is 0 Å². The molecule has 6 heteroatoms. The maximum atomic E-state index is 13.6. The second kappa shape index (κ2) is 6.43. The zero-order chi connectivity index (χ0) is 13.8.